The van der Waals surface area contributed by atoms with Gasteiger partial charge in [-0.2, -0.15) is 0 Å². The molecule has 10 aromatic carbocycles. The topological polar surface area (TPSA) is 3.24 Å². The summed E-state index contributed by atoms with van der Waals surface area (Å²) in [4.78, 5) is 2.47. The zero-order chi connectivity index (χ0) is 40.7. The van der Waals surface area contributed by atoms with Crippen LogP contribution < -0.4 is 4.90 Å². The Morgan fingerprint density at radius 1 is 0.344 bits per heavy atom. The number of thiophene rings is 1. The van der Waals surface area contributed by atoms with Crippen LogP contribution >= 0.6 is 11.3 Å². The third-order valence-corrected chi connectivity index (χ3v) is 14.2. The van der Waals surface area contributed by atoms with E-state index < -0.39 is 0 Å². The minimum Gasteiger partial charge on any atom is -0.310 e. The number of benzene rings is 10. The van der Waals surface area contributed by atoms with Crippen molar-refractivity contribution < 1.29 is 0 Å². The molecule has 1 aliphatic carbocycles. The summed E-state index contributed by atoms with van der Waals surface area (Å²) < 4.78 is 2.64. The molecule has 0 N–H and O–H groups in total. The van der Waals surface area contributed by atoms with Crippen molar-refractivity contribution in [3.8, 4) is 44.5 Å². The van der Waals surface area contributed by atoms with Crippen molar-refractivity contribution in [1.82, 2.24) is 0 Å². The lowest BCUT2D eigenvalue weighted by atomic mass is 9.81. The minimum absolute atomic E-state index is 0.228. The van der Waals surface area contributed by atoms with Gasteiger partial charge in [-0.1, -0.05) is 166 Å². The first kappa shape index (κ1) is 35.7. The summed E-state index contributed by atoms with van der Waals surface area (Å²) in [5.74, 6) is 0. The lowest BCUT2D eigenvalue weighted by molar-refractivity contribution is 0.660. The highest BCUT2D eigenvalue weighted by Gasteiger charge is 2.36. The molecule has 0 aliphatic heterocycles. The maximum Gasteiger partial charge on any atom is 0.0540 e. The summed E-state index contributed by atoms with van der Waals surface area (Å²) in [6.45, 7) is 4.80. The smallest absolute Gasteiger partial charge is 0.0540 e. The van der Waals surface area contributed by atoms with Crippen LogP contribution in [0.4, 0.5) is 17.1 Å². The van der Waals surface area contributed by atoms with Gasteiger partial charge in [-0.15, -0.1) is 11.3 Å². The van der Waals surface area contributed by atoms with Crippen molar-refractivity contribution in [3.05, 3.63) is 223 Å². The Morgan fingerprint density at radius 2 is 0.967 bits per heavy atom. The summed E-state index contributed by atoms with van der Waals surface area (Å²) in [6.07, 6.45) is 0. The summed E-state index contributed by atoms with van der Waals surface area (Å²) in [7, 11) is 0. The van der Waals surface area contributed by atoms with Crippen LogP contribution in [-0.2, 0) is 5.41 Å². The predicted octanol–water partition coefficient (Wildman–Crippen LogP) is 17.1. The molecule has 0 amide bonds. The van der Waals surface area contributed by atoms with E-state index in [-0.39, 0.29) is 5.41 Å². The van der Waals surface area contributed by atoms with E-state index in [0.717, 1.165) is 17.1 Å². The molecule has 1 aliphatic rings. The number of fused-ring (bicyclic) bond motifs is 9. The van der Waals surface area contributed by atoms with Gasteiger partial charge < -0.3 is 4.90 Å². The van der Waals surface area contributed by atoms with Gasteiger partial charge in [0.2, 0.25) is 0 Å². The summed E-state index contributed by atoms with van der Waals surface area (Å²) >= 11 is 1.86. The van der Waals surface area contributed by atoms with Gasteiger partial charge in [-0.05, 0) is 132 Å². The maximum absolute atomic E-state index is 2.47. The first-order valence-corrected chi connectivity index (χ1v) is 22.0. The van der Waals surface area contributed by atoms with Crippen LogP contribution in [-0.4, -0.2) is 0 Å². The van der Waals surface area contributed by atoms with Gasteiger partial charge in [0.1, 0.15) is 0 Å². The van der Waals surface area contributed by atoms with Crippen LogP contribution in [0.25, 0.3) is 86.2 Å². The summed E-state index contributed by atoms with van der Waals surface area (Å²) in [5.41, 5.74) is 15.8. The molecule has 12 rings (SSSR count). The second-order valence-electron chi connectivity index (χ2n) is 16.9. The Balaban J connectivity index is 1.00. The molecule has 0 fully saturated rings. The second-order valence-corrected chi connectivity index (χ2v) is 18.0. The quantitative estimate of drug-likeness (QED) is 0.152. The van der Waals surface area contributed by atoms with Crippen molar-refractivity contribution in [2.75, 3.05) is 4.90 Å². The highest BCUT2D eigenvalue weighted by atomic mass is 32.1. The summed E-state index contributed by atoms with van der Waals surface area (Å²) in [5, 5.41) is 7.78. The van der Waals surface area contributed by atoms with Crippen molar-refractivity contribution >= 4 is 70.1 Å². The summed E-state index contributed by atoms with van der Waals surface area (Å²) in [6, 6.07) is 78.7. The Hall–Kier alpha value is -7.26. The molecule has 2 heteroatoms. The van der Waals surface area contributed by atoms with Gasteiger partial charge in [0.25, 0.3) is 0 Å². The number of rotatable bonds is 6. The van der Waals surface area contributed by atoms with Gasteiger partial charge in [0.15, 0.2) is 0 Å². The molecule has 0 radical (unpaired) electrons. The van der Waals surface area contributed by atoms with Gasteiger partial charge in [-0.3, -0.25) is 0 Å². The normalized spacial score (nSPS) is 12.9. The largest absolute Gasteiger partial charge is 0.310 e. The van der Waals surface area contributed by atoms with Crippen molar-refractivity contribution in [1.29, 1.82) is 0 Å². The Labute approximate surface area is 360 Å². The molecule has 1 nitrogen and oxygen atoms in total. The average molecular weight is 796 g/mol. The molecule has 0 spiro atoms. The second kappa shape index (κ2) is 13.9. The van der Waals surface area contributed by atoms with Crippen LogP contribution in [0, 0.1) is 0 Å². The SMILES string of the molecule is CC1(C)c2cc(-c3cc4ccccc4c4ccccc34)ccc2-c2ccc(N(c3cccc(-c4ccc5sc6ccccc6c5c4)c3)c3ccccc3-c3ccccc3)cc21. The molecular formula is C59H41NS. The first-order valence-electron chi connectivity index (χ1n) is 21.2. The monoisotopic (exact) mass is 795 g/mol. The van der Waals surface area contributed by atoms with E-state index in [1.54, 1.807) is 0 Å². The van der Waals surface area contributed by atoms with E-state index in [4.69, 9.17) is 0 Å². The van der Waals surface area contributed by atoms with Crippen LogP contribution in [0.15, 0.2) is 212 Å². The zero-order valence-corrected chi connectivity index (χ0v) is 34.9. The lowest BCUT2D eigenvalue weighted by Gasteiger charge is -2.30. The molecular weight excluding hydrogens is 755 g/mol. The zero-order valence-electron chi connectivity index (χ0n) is 34.1. The van der Waals surface area contributed by atoms with E-state index >= 15 is 0 Å². The van der Waals surface area contributed by atoms with Crippen molar-refractivity contribution in [2.24, 2.45) is 0 Å². The van der Waals surface area contributed by atoms with E-state index in [9.17, 15) is 0 Å². The van der Waals surface area contributed by atoms with E-state index in [1.165, 1.54) is 97.4 Å². The molecule has 288 valence electrons. The lowest BCUT2D eigenvalue weighted by Crippen LogP contribution is -2.17. The molecule has 0 unspecified atom stereocenters. The minimum atomic E-state index is -0.228. The molecule has 1 heterocycles. The van der Waals surface area contributed by atoms with Crippen LogP contribution in [0.2, 0.25) is 0 Å². The average Bonchev–Trinajstić information content (AvgIpc) is 3.80. The predicted molar refractivity (Wildman–Crippen MR) is 263 cm³/mol. The van der Waals surface area contributed by atoms with E-state index in [0.29, 0.717) is 0 Å². The number of hydrogen-bond donors (Lipinski definition) is 0. The molecule has 0 saturated heterocycles. The molecule has 61 heavy (non-hydrogen) atoms. The molecule has 0 bridgehead atoms. The third kappa shape index (κ3) is 5.74. The number of para-hydroxylation sites is 1. The molecule has 0 saturated carbocycles. The van der Waals surface area contributed by atoms with Gasteiger partial charge >= 0.3 is 0 Å². The highest BCUT2D eigenvalue weighted by molar-refractivity contribution is 7.25. The van der Waals surface area contributed by atoms with Gasteiger partial charge in [0.05, 0.1) is 5.69 Å². The third-order valence-electron chi connectivity index (χ3n) is 13.0. The number of nitrogens with zero attached hydrogens (tertiary/aromatic N) is 1. The van der Waals surface area contributed by atoms with Crippen LogP contribution in [0.1, 0.15) is 25.0 Å². The highest BCUT2D eigenvalue weighted by Crippen LogP contribution is 2.53. The van der Waals surface area contributed by atoms with Crippen molar-refractivity contribution in [2.45, 2.75) is 19.3 Å². The number of anilines is 3. The fourth-order valence-corrected chi connectivity index (χ4v) is 11.1. The van der Waals surface area contributed by atoms with Gasteiger partial charge in [0, 0.05) is 42.5 Å². The van der Waals surface area contributed by atoms with Gasteiger partial charge in [-0.25, -0.2) is 0 Å². The number of hydrogen-bond acceptors (Lipinski definition) is 2. The van der Waals surface area contributed by atoms with Crippen LogP contribution in [0.5, 0.6) is 0 Å². The fraction of sp³-hybridized carbons (Fsp3) is 0.0508. The Kier molecular flexibility index (Phi) is 8.13. The fourth-order valence-electron chi connectivity index (χ4n) is 10.0. The Morgan fingerprint density at radius 3 is 1.84 bits per heavy atom. The first-order chi connectivity index (χ1) is 30.0. The molecule has 11 aromatic rings. The standard InChI is InChI=1S/C59H41NS/c1-59(2)54-36-42(52-35-41-17-6-7-20-45(41)47-22-8-9-23-48(47)52)27-30-49(54)50-31-29-44(37-55(50)59)60(56-25-12-10-21-46(56)38-15-4-3-5-16-38)43-19-14-18-39(33-43)40-28-32-58-53(34-40)51-24-11-13-26-57(51)61-58/h3-37H,1-2H3. The van der Waals surface area contributed by atoms with Crippen molar-refractivity contribution in [3.63, 3.8) is 0 Å². The maximum atomic E-state index is 2.47. The Bertz CT molecular complexity index is 3520. The van der Waals surface area contributed by atoms with Crippen LogP contribution in [0.3, 0.4) is 0 Å². The molecule has 0 atom stereocenters. The molecule has 1 aromatic heterocycles. The van der Waals surface area contributed by atoms with E-state index in [1.807, 2.05) is 11.3 Å². The van der Waals surface area contributed by atoms with E-state index in [2.05, 4.69) is 231 Å².